The molecule has 1 atom stereocenters. The van der Waals surface area contributed by atoms with Gasteiger partial charge >= 0.3 is 0 Å². The monoisotopic (exact) mass is 330 g/mol. The summed E-state index contributed by atoms with van der Waals surface area (Å²) in [6, 6.07) is 8.96. The van der Waals surface area contributed by atoms with Crippen LogP contribution in [0.1, 0.15) is 24.2 Å². The molecular weight excluding hydrogens is 312 g/mol. The van der Waals surface area contributed by atoms with Crippen LogP contribution in [0.25, 0.3) is 6.08 Å². The molecular formula is C17H18N2O3S. The first-order chi connectivity index (χ1) is 11.0. The maximum Gasteiger partial charge on any atom is 0.244 e. The van der Waals surface area contributed by atoms with Gasteiger partial charge in [-0.15, -0.1) is 0 Å². The number of aliphatic hydroxyl groups excluding tert-OH is 1. The van der Waals surface area contributed by atoms with Crippen LogP contribution >= 0.6 is 11.3 Å². The van der Waals surface area contributed by atoms with Gasteiger partial charge in [-0.1, -0.05) is 12.1 Å². The summed E-state index contributed by atoms with van der Waals surface area (Å²) in [5.41, 5.74) is 2.35. The van der Waals surface area contributed by atoms with Gasteiger partial charge in [0.05, 0.1) is 6.10 Å². The van der Waals surface area contributed by atoms with Gasteiger partial charge < -0.3 is 15.7 Å². The zero-order chi connectivity index (χ0) is 16.7. The molecule has 5 nitrogen and oxygen atoms in total. The van der Waals surface area contributed by atoms with Gasteiger partial charge in [0.1, 0.15) is 0 Å². The Labute approximate surface area is 138 Å². The number of rotatable bonds is 6. The molecule has 0 spiro atoms. The highest BCUT2D eigenvalue weighted by molar-refractivity contribution is 7.07. The second kappa shape index (κ2) is 8.26. The summed E-state index contributed by atoms with van der Waals surface area (Å²) < 4.78 is 0. The van der Waals surface area contributed by atoms with E-state index in [-0.39, 0.29) is 18.4 Å². The standard InChI is InChI=1S/C17H18N2O3S/c1-12(20)19-15-5-2-13(3-6-15)4-7-17(22)18-10-16(21)14-8-9-23-11-14/h2-9,11,16,21H,10H2,1H3,(H,18,22)(H,19,20)/b7-4+. The van der Waals surface area contributed by atoms with Gasteiger partial charge in [0.25, 0.3) is 0 Å². The number of aliphatic hydroxyl groups is 1. The van der Waals surface area contributed by atoms with Crippen molar-refractivity contribution in [3.8, 4) is 0 Å². The Bertz CT molecular complexity index is 678. The highest BCUT2D eigenvalue weighted by atomic mass is 32.1. The van der Waals surface area contributed by atoms with Crippen LogP contribution in [0.15, 0.2) is 47.2 Å². The van der Waals surface area contributed by atoms with Gasteiger partial charge in [-0.2, -0.15) is 11.3 Å². The maximum absolute atomic E-state index is 11.7. The fourth-order valence-corrected chi connectivity index (χ4v) is 2.60. The molecule has 2 rings (SSSR count). The molecule has 2 amide bonds. The zero-order valence-corrected chi connectivity index (χ0v) is 13.5. The van der Waals surface area contributed by atoms with Gasteiger partial charge in [0.15, 0.2) is 0 Å². The Morgan fingerprint density at radius 2 is 2.00 bits per heavy atom. The number of nitrogens with one attached hydrogen (secondary N) is 2. The van der Waals surface area contributed by atoms with Crippen LogP contribution in [0.2, 0.25) is 0 Å². The summed E-state index contributed by atoms with van der Waals surface area (Å²) in [7, 11) is 0. The molecule has 0 bridgehead atoms. The molecule has 0 fully saturated rings. The molecule has 1 aromatic carbocycles. The fraction of sp³-hybridized carbons (Fsp3) is 0.176. The molecule has 0 saturated carbocycles. The Balaban J connectivity index is 1.82. The number of hydrogen-bond donors (Lipinski definition) is 3. The first-order valence-electron chi connectivity index (χ1n) is 7.08. The van der Waals surface area contributed by atoms with Crippen molar-refractivity contribution in [2.45, 2.75) is 13.0 Å². The third-order valence-electron chi connectivity index (χ3n) is 3.06. The van der Waals surface area contributed by atoms with Crippen molar-refractivity contribution in [3.63, 3.8) is 0 Å². The number of thiophene rings is 1. The molecule has 1 unspecified atom stereocenters. The van der Waals surface area contributed by atoms with E-state index in [4.69, 9.17) is 0 Å². The summed E-state index contributed by atoms with van der Waals surface area (Å²) >= 11 is 1.50. The molecule has 2 aromatic rings. The summed E-state index contributed by atoms with van der Waals surface area (Å²) in [6.45, 7) is 1.62. The highest BCUT2D eigenvalue weighted by Crippen LogP contribution is 2.15. The molecule has 0 aliphatic heterocycles. The van der Waals surface area contributed by atoms with Crippen molar-refractivity contribution in [1.29, 1.82) is 0 Å². The minimum absolute atomic E-state index is 0.128. The van der Waals surface area contributed by atoms with Gasteiger partial charge in [-0.25, -0.2) is 0 Å². The molecule has 1 aromatic heterocycles. The van der Waals surface area contributed by atoms with E-state index in [1.165, 1.54) is 24.3 Å². The average Bonchev–Trinajstić information content (AvgIpc) is 3.06. The molecule has 1 heterocycles. The molecule has 6 heteroatoms. The van der Waals surface area contributed by atoms with E-state index in [1.807, 2.05) is 16.8 Å². The second-order valence-corrected chi connectivity index (χ2v) is 5.73. The van der Waals surface area contributed by atoms with Crippen LogP contribution in [0.4, 0.5) is 5.69 Å². The summed E-state index contributed by atoms with van der Waals surface area (Å²) in [6.07, 6.45) is 2.38. The van der Waals surface area contributed by atoms with Crippen LogP contribution in [0.5, 0.6) is 0 Å². The van der Waals surface area contributed by atoms with Crippen LogP contribution in [0, 0.1) is 0 Å². The molecule has 0 aliphatic rings. The Morgan fingerprint density at radius 1 is 1.26 bits per heavy atom. The number of benzene rings is 1. The van der Waals surface area contributed by atoms with Crippen molar-refractivity contribution in [2.24, 2.45) is 0 Å². The summed E-state index contributed by atoms with van der Waals surface area (Å²) in [5, 5.41) is 18.9. The largest absolute Gasteiger partial charge is 0.387 e. The van der Waals surface area contributed by atoms with Crippen molar-refractivity contribution in [1.82, 2.24) is 5.32 Å². The van der Waals surface area contributed by atoms with Crippen LogP contribution in [-0.4, -0.2) is 23.5 Å². The molecule has 3 N–H and O–H groups in total. The van der Waals surface area contributed by atoms with Gasteiger partial charge in [0, 0.05) is 25.2 Å². The molecule has 0 radical (unpaired) electrons. The van der Waals surface area contributed by atoms with E-state index < -0.39 is 6.10 Å². The van der Waals surface area contributed by atoms with Crippen molar-refractivity contribution >= 4 is 34.9 Å². The quantitative estimate of drug-likeness (QED) is 0.712. The molecule has 0 saturated heterocycles. The smallest absolute Gasteiger partial charge is 0.244 e. The molecule has 0 aliphatic carbocycles. The Kier molecular flexibility index (Phi) is 6.08. The average molecular weight is 330 g/mol. The number of anilines is 1. The zero-order valence-electron chi connectivity index (χ0n) is 12.7. The minimum atomic E-state index is -0.699. The van der Waals surface area contributed by atoms with E-state index >= 15 is 0 Å². The number of hydrogen-bond acceptors (Lipinski definition) is 4. The number of carbonyl (C=O) groups is 2. The third-order valence-corrected chi connectivity index (χ3v) is 3.76. The Morgan fingerprint density at radius 3 is 2.61 bits per heavy atom. The van der Waals surface area contributed by atoms with Crippen LogP contribution < -0.4 is 10.6 Å². The fourth-order valence-electron chi connectivity index (χ4n) is 1.89. The first-order valence-corrected chi connectivity index (χ1v) is 8.02. The van der Waals surface area contributed by atoms with E-state index in [2.05, 4.69) is 10.6 Å². The van der Waals surface area contributed by atoms with E-state index in [9.17, 15) is 14.7 Å². The SMILES string of the molecule is CC(=O)Nc1ccc(/C=C/C(=O)NCC(O)c2ccsc2)cc1. The Hall–Kier alpha value is -2.44. The van der Waals surface area contributed by atoms with Crippen molar-refractivity contribution in [3.05, 3.63) is 58.3 Å². The highest BCUT2D eigenvalue weighted by Gasteiger charge is 2.08. The normalized spacial score (nSPS) is 12.1. The predicted octanol–water partition coefficient (Wildman–Crippen LogP) is 2.57. The van der Waals surface area contributed by atoms with Crippen molar-refractivity contribution in [2.75, 3.05) is 11.9 Å². The lowest BCUT2D eigenvalue weighted by Crippen LogP contribution is -2.26. The van der Waals surface area contributed by atoms with Crippen LogP contribution in [0.3, 0.4) is 0 Å². The molecule has 23 heavy (non-hydrogen) atoms. The topological polar surface area (TPSA) is 78.4 Å². The van der Waals surface area contributed by atoms with Gasteiger partial charge in [-0.3, -0.25) is 9.59 Å². The number of carbonyl (C=O) groups excluding carboxylic acids is 2. The minimum Gasteiger partial charge on any atom is -0.387 e. The van der Waals surface area contributed by atoms with E-state index in [0.717, 1.165) is 11.1 Å². The lowest BCUT2D eigenvalue weighted by atomic mass is 10.2. The lowest BCUT2D eigenvalue weighted by Gasteiger charge is -2.08. The van der Waals surface area contributed by atoms with E-state index in [0.29, 0.717) is 5.69 Å². The summed E-state index contributed by atoms with van der Waals surface area (Å²) in [5.74, 6) is -0.401. The maximum atomic E-state index is 11.7. The first kappa shape index (κ1) is 16.9. The predicted molar refractivity (Wildman–Crippen MR) is 92.1 cm³/mol. The second-order valence-electron chi connectivity index (χ2n) is 4.95. The third kappa shape index (κ3) is 5.69. The lowest BCUT2D eigenvalue weighted by molar-refractivity contribution is -0.117. The van der Waals surface area contributed by atoms with Crippen LogP contribution in [-0.2, 0) is 9.59 Å². The summed E-state index contributed by atoms with van der Waals surface area (Å²) in [4.78, 5) is 22.7. The van der Waals surface area contributed by atoms with E-state index in [1.54, 1.807) is 30.3 Å². The molecule has 120 valence electrons. The van der Waals surface area contributed by atoms with Gasteiger partial charge in [0.2, 0.25) is 11.8 Å². The van der Waals surface area contributed by atoms with Gasteiger partial charge in [-0.05, 0) is 46.2 Å². The number of amides is 2. The van der Waals surface area contributed by atoms with Crippen molar-refractivity contribution < 1.29 is 14.7 Å².